The number of aromatic nitrogens is 1. The molecule has 1 aliphatic carbocycles. The molecule has 4 aliphatic rings. The number of fused-ring (bicyclic) bond motifs is 14. The number of hydrogen-bond acceptors (Lipinski definition) is 5. The molecule has 0 unspecified atom stereocenters. The molecule has 512 valence electrons. The number of hydrogen-bond donors (Lipinski definition) is 0. The lowest BCUT2D eigenvalue weighted by atomic mass is 9.33. The fourth-order valence-electron chi connectivity index (χ4n) is 18.8. The third-order valence-corrected chi connectivity index (χ3v) is 25.2. The van der Waals surface area contributed by atoms with Crippen molar-refractivity contribution in [3.05, 3.63) is 337 Å². The maximum absolute atomic E-state index is 2.74. The molecule has 5 nitrogen and oxygen atoms in total. The van der Waals surface area contributed by atoms with Crippen molar-refractivity contribution >= 4 is 145 Å². The molecule has 2 aromatic heterocycles. The number of para-hydroxylation sites is 6. The van der Waals surface area contributed by atoms with E-state index in [0.717, 1.165) is 69.6 Å². The first-order valence-electron chi connectivity index (χ1n) is 37.7. The number of nitrogens with zero attached hydrogens (tertiary/aromatic N) is 5. The zero-order chi connectivity index (χ0) is 71.7. The molecule has 0 saturated carbocycles. The van der Waals surface area contributed by atoms with E-state index in [1.807, 2.05) is 11.3 Å². The van der Waals surface area contributed by atoms with Gasteiger partial charge in [-0.1, -0.05) is 244 Å². The van der Waals surface area contributed by atoms with Crippen LogP contribution in [0.1, 0.15) is 103 Å². The van der Waals surface area contributed by atoms with Gasteiger partial charge >= 0.3 is 0 Å². The monoisotopic (exact) mass is 1380 g/mol. The molecule has 0 fully saturated rings. The summed E-state index contributed by atoms with van der Waals surface area (Å²) in [6.45, 7) is 21.6. The van der Waals surface area contributed by atoms with E-state index < -0.39 is 0 Å². The molecular formula is C99H82BN5S. The summed E-state index contributed by atoms with van der Waals surface area (Å²) in [5.41, 5.74) is 32.2. The molecule has 106 heavy (non-hydrogen) atoms. The molecule has 0 N–H and O–H groups in total. The van der Waals surface area contributed by atoms with Crippen molar-refractivity contribution in [2.24, 2.45) is 0 Å². The van der Waals surface area contributed by atoms with E-state index in [2.05, 4.69) is 396 Å². The zero-order valence-corrected chi connectivity index (χ0v) is 62.4. The Labute approximate surface area is 626 Å². The first-order chi connectivity index (χ1) is 51.5. The summed E-state index contributed by atoms with van der Waals surface area (Å²) in [7, 11) is 0. The van der Waals surface area contributed by atoms with E-state index >= 15 is 0 Å². The summed E-state index contributed by atoms with van der Waals surface area (Å²) in [6.07, 6.45) is 2.17. The molecule has 0 saturated heterocycles. The topological polar surface area (TPSA) is 17.9 Å². The summed E-state index contributed by atoms with van der Waals surface area (Å²) in [6, 6.07) is 118. The van der Waals surface area contributed by atoms with Crippen molar-refractivity contribution in [1.29, 1.82) is 0 Å². The second-order valence-corrected chi connectivity index (χ2v) is 33.8. The highest BCUT2D eigenvalue weighted by Crippen LogP contribution is 2.57. The van der Waals surface area contributed by atoms with Gasteiger partial charge in [0.25, 0.3) is 6.71 Å². The minimum atomic E-state index is -0.204. The van der Waals surface area contributed by atoms with Gasteiger partial charge in [0, 0.05) is 98.8 Å². The number of rotatable bonds is 10. The SMILES string of the molecule is CC(C)(C)c1ccc(N2c3cc(N(c4ccccc4)c4ccccc4)ccc3B3c4ccc(N(c5ccccc5)c5ccccc5)cc4N(c4cccc5c4C(C)(C)CCC5(C)C)c4cc(-c5ccc6c(c5)sc5ccc7c(c8cccc9c8n7-c7ccccc7C9(C)C)c56)cc2c43)c(-c2ccccc2)c1. The highest BCUT2D eigenvalue weighted by molar-refractivity contribution is 7.26. The summed E-state index contributed by atoms with van der Waals surface area (Å²) in [5, 5.41) is 5.25. The maximum Gasteiger partial charge on any atom is 0.252 e. The first kappa shape index (κ1) is 64.0. The standard InChI is InChI=1S/C99H82BN5S/c1-96(2,3)66-46-52-81(75(60-66)63-29-15-10-16-30-63)103-85-61-71(101(67-31-17-11-18-32-67)68-33-19-12-20-34-68)47-50-79(85)100-80-51-48-72(102(69-35-21-13-22-36-69)70-37-23-14-24-38-70)62-86(80)104(84-44-28-41-77-93(84)98(6,7)56-55-97(77,4)5)88-58-65(57-87(103)94(88)100)64-45-49-73-90(59-64)106-89-54-53-83-91(92(73)89)74-39-27-42-78-95(74)105(83)82-43-26-25-40-76(82)99(78,8)9/h10-54,57-62H,55-56H2,1-9H3. The van der Waals surface area contributed by atoms with Crippen LogP contribution in [0.4, 0.5) is 68.2 Å². The summed E-state index contributed by atoms with van der Waals surface area (Å²) >= 11 is 1.92. The maximum atomic E-state index is 2.74. The molecule has 16 aromatic rings. The lowest BCUT2D eigenvalue weighted by molar-refractivity contribution is 0.332. The van der Waals surface area contributed by atoms with Gasteiger partial charge in [-0.15, -0.1) is 11.3 Å². The van der Waals surface area contributed by atoms with Gasteiger partial charge < -0.3 is 24.2 Å². The Morgan fingerprint density at radius 2 is 0.887 bits per heavy atom. The smallest absolute Gasteiger partial charge is 0.252 e. The lowest BCUT2D eigenvalue weighted by Crippen LogP contribution is -2.61. The summed E-state index contributed by atoms with van der Waals surface area (Å²) in [5.74, 6) is 0. The van der Waals surface area contributed by atoms with Crippen LogP contribution >= 0.6 is 11.3 Å². The minimum absolute atomic E-state index is 0.0594. The normalized spacial score (nSPS) is 14.9. The molecule has 0 bridgehead atoms. The average Bonchev–Trinajstić information content (AvgIpc) is 1.54. The van der Waals surface area contributed by atoms with E-state index in [1.165, 1.54) is 126 Å². The predicted molar refractivity (Wildman–Crippen MR) is 454 cm³/mol. The summed E-state index contributed by atoms with van der Waals surface area (Å²) < 4.78 is 5.13. The van der Waals surface area contributed by atoms with Crippen LogP contribution in [0.15, 0.2) is 309 Å². The van der Waals surface area contributed by atoms with Crippen molar-refractivity contribution in [2.45, 2.75) is 96.8 Å². The fourth-order valence-corrected chi connectivity index (χ4v) is 19.9. The van der Waals surface area contributed by atoms with Gasteiger partial charge in [-0.3, -0.25) is 0 Å². The highest BCUT2D eigenvalue weighted by atomic mass is 32.1. The van der Waals surface area contributed by atoms with Crippen molar-refractivity contribution in [3.8, 4) is 27.9 Å². The number of anilines is 12. The Bertz CT molecular complexity index is 6170. The molecular weight excluding hydrogens is 1300 g/mol. The molecule has 0 atom stereocenters. The fraction of sp³-hybridized carbons (Fsp3) is 0.152. The van der Waals surface area contributed by atoms with E-state index in [4.69, 9.17) is 0 Å². The second kappa shape index (κ2) is 23.7. The van der Waals surface area contributed by atoms with Crippen LogP contribution < -0.4 is 36.0 Å². The van der Waals surface area contributed by atoms with E-state index in [9.17, 15) is 0 Å². The van der Waals surface area contributed by atoms with Crippen molar-refractivity contribution in [1.82, 2.24) is 4.57 Å². The third-order valence-electron chi connectivity index (χ3n) is 24.1. The Morgan fingerprint density at radius 3 is 1.49 bits per heavy atom. The molecule has 0 amide bonds. The van der Waals surface area contributed by atoms with Crippen molar-refractivity contribution in [3.63, 3.8) is 0 Å². The number of benzene rings is 14. The molecule has 5 heterocycles. The van der Waals surface area contributed by atoms with Crippen LogP contribution in [0, 0.1) is 0 Å². The Kier molecular flexibility index (Phi) is 14.3. The molecule has 0 radical (unpaired) electrons. The van der Waals surface area contributed by atoms with Crippen LogP contribution in [0.2, 0.25) is 0 Å². The van der Waals surface area contributed by atoms with E-state index in [-0.39, 0.29) is 28.4 Å². The van der Waals surface area contributed by atoms with E-state index in [0.29, 0.717) is 0 Å². The van der Waals surface area contributed by atoms with Gasteiger partial charge in [0.05, 0.1) is 28.1 Å². The van der Waals surface area contributed by atoms with Crippen molar-refractivity contribution in [2.75, 3.05) is 19.6 Å². The Balaban J connectivity index is 0.911. The quantitative estimate of drug-likeness (QED) is 0.127. The predicted octanol–water partition coefficient (Wildman–Crippen LogP) is 25.8. The van der Waals surface area contributed by atoms with Crippen molar-refractivity contribution < 1.29 is 0 Å². The highest BCUT2D eigenvalue weighted by Gasteiger charge is 2.48. The third kappa shape index (κ3) is 9.74. The summed E-state index contributed by atoms with van der Waals surface area (Å²) in [4.78, 5) is 10.3. The molecule has 3 aliphatic heterocycles. The Hall–Kier alpha value is -11.6. The second-order valence-electron chi connectivity index (χ2n) is 32.7. The zero-order valence-electron chi connectivity index (χ0n) is 61.6. The lowest BCUT2D eigenvalue weighted by Gasteiger charge is -2.48. The van der Waals surface area contributed by atoms with Crippen LogP contribution in [-0.2, 0) is 21.7 Å². The minimum Gasteiger partial charge on any atom is -0.311 e. The van der Waals surface area contributed by atoms with Gasteiger partial charge in [-0.2, -0.15) is 0 Å². The van der Waals surface area contributed by atoms with Gasteiger partial charge in [-0.25, -0.2) is 0 Å². The molecule has 14 aromatic carbocycles. The van der Waals surface area contributed by atoms with E-state index in [1.54, 1.807) is 0 Å². The first-order valence-corrected chi connectivity index (χ1v) is 38.5. The average molecular weight is 1380 g/mol. The van der Waals surface area contributed by atoms with Crippen LogP contribution in [0.25, 0.3) is 69.9 Å². The molecule has 7 heteroatoms. The largest absolute Gasteiger partial charge is 0.311 e. The van der Waals surface area contributed by atoms with Gasteiger partial charge in [0.15, 0.2) is 0 Å². The van der Waals surface area contributed by atoms with Gasteiger partial charge in [0.1, 0.15) is 0 Å². The van der Waals surface area contributed by atoms with Gasteiger partial charge in [-0.05, 0) is 217 Å². The molecule has 20 rings (SSSR count). The number of thiophene rings is 1. The van der Waals surface area contributed by atoms with Crippen LogP contribution in [0.3, 0.4) is 0 Å². The van der Waals surface area contributed by atoms with Crippen LogP contribution in [0.5, 0.6) is 0 Å². The van der Waals surface area contributed by atoms with Crippen LogP contribution in [-0.4, -0.2) is 11.3 Å². The van der Waals surface area contributed by atoms with Gasteiger partial charge in [0.2, 0.25) is 0 Å². The molecule has 0 spiro atoms. The Morgan fingerprint density at radius 1 is 0.358 bits per heavy atom.